The maximum absolute atomic E-state index is 12.6. The Bertz CT molecular complexity index is 912. The van der Waals surface area contributed by atoms with Crippen LogP contribution in [0.1, 0.15) is 17.0 Å². The second kappa shape index (κ2) is 7.95. The van der Waals surface area contributed by atoms with Gasteiger partial charge in [0, 0.05) is 19.0 Å². The van der Waals surface area contributed by atoms with E-state index in [-0.39, 0.29) is 38.1 Å². The van der Waals surface area contributed by atoms with Crippen molar-refractivity contribution in [2.75, 3.05) is 39.9 Å². The lowest BCUT2D eigenvalue weighted by Gasteiger charge is -2.33. The molecule has 0 bridgehead atoms. The first-order valence-corrected chi connectivity index (χ1v) is 9.53. The van der Waals surface area contributed by atoms with Gasteiger partial charge < -0.3 is 14.4 Å². The van der Waals surface area contributed by atoms with Gasteiger partial charge in [-0.1, -0.05) is 48.5 Å². The third-order valence-electron chi connectivity index (χ3n) is 5.46. The van der Waals surface area contributed by atoms with E-state index in [1.807, 2.05) is 24.3 Å². The van der Waals surface area contributed by atoms with Crippen molar-refractivity contribution in [2.45, 2.75) is 5.92 Å². The van der Waals surface area contributed by atoms with Crippen LogP contribution in [0.15, 0.2) is 48.5 Å². The summed E-state index contributed by atoms with van der Waals surface area (Å²) in [6.45, 7) is 0.600. The zero-order chi connectivity index (χ0) is 20.4. The number of carbonyl (C=O) groups excluding carboxylic acids is 3. The summed E-state index contributed by atoms with van der Waals surface area (Å²) in [6.07, 6.45) is -0.516. The number of carbonyl (C=O) groups is 3. The average Bonchev–Trinajstić information content (AvgIpc) is 3.07. The first kappa shape index (κ1) is 19.0. The van der Waals surface area contributed by atoms with Gasteiger partial charge in [0.2, 0.25) is 5.91 Å². The Hall–Kier alpha value is -3.35. The maximum atomic E-state index is 12.6. The standard InChI is InChI=1S/C22H22N2O5/c1-28-21(26)13-23-10-11-24(12-20(23)25)22(27)29-14-19-17-8-4-2-6-15(17)16-7-3-5-9-18(16)19/h2-9,19H,10-14H2,1H3. The molecule has 2 aliphatic rings. The summed E-state index contributed by atoms with van der Waals surface area (Å²) < 4.78 is 10.2. The van der Waals surface area contributed by atoms with Gasteiger partial charge in [0.1, 0.15) is 19.7 Å². The van der Waals surface area contributed by atoms with Gasteiger partial charge in [-0.2, -0.15) is 0 Å². The molecule has 0 spiro atoms. The van der Waals surface area contributed by atoms with E-state index < -0.39 is 12.1 Å². The molecule has 7 nitrogen and oxygen atoms in total. The summed E-state index contributed by atoms with van der Waals surface area (Å²) in [5, 5.41) is 0. The molecule has 0 radical (unpaired) electrons. The predicted octanol–water partition coefficient (Wildman–Crippen LogP) is 2.25. The topological polar surface area (TPSA) is 76.2 Å². The zero-order valence-corrected chi connectivity index (χ0v) is 16.2. The van der Waals surface area contributed by atoms with Crippen molar-refractivity contribution < 1.29 is 23.9 Å². The van der Waals surface area contributed by atoms with Crippen LogP contribution in [-0.2, 0) is 19.1 Å². The number of benzene rings is 2. The Morgan fingerprint density at radius 1 is 1.00 bits per heavy atom. The van der Waals surface area contributed by atoms with Crippen molar-refractivity contribution in [1.29, 1.82) is 0 Å². The number of amides is 2. The molecule has 0 saturated carbocycles. The van der Waals surface area contributed by atoms with E-state index in [4.69, 9.17) is 4.74 Å². The Balaban J connectivity index is 1.40. The largest absolute Gasteiger partial charge is 0.468 e. The average molecular weight is 394 g/mol. The molecule has 29 heavy (non-hydrogen) atoms. The maximum Gasteiger partial charge on any atom is 0.410 e. The number of ether oxygens (including phenoxy) is 2. The lowest BCUT2D eigenvalue weighted by molar-refractivity contribution is -0.148. The fraction of sp³-hybridized carbons (Fsp3) is 0.318. The smallest absolute Gasteiger partial charge is 0.410 e. The molecular weight excluding hydrogens is 372 g/mol. The highest BCUT2D eigenvalue weighted by atomic mass is 16.6. The molecule has 0 aromatic heterocycles. The van der Waals surface area contributed by atoms with Crippen LogP contribution in [0.4, 0.5) is 4.79 Å². The molecule has 1 aliphatic carbocycles. The van der Waals surface area contributed by atoms with Crippen LogP contribution < -0.4 is 0 Å². The molecule has 0 unspecified atom stereocenters. The van der Waals surface area contributed by atoms with E-state index in [1.165, 1.54) is 16.9 Å². The molecule has 0 atom stereocenters. The lowest BCUT2D eigenvalue weighted by atomic mass is 9.98. The van der Waals surface area contributed by atoms with Crippen LogP contribution in [0.25, 0.3) is 11.1 Å². The van der Waals surface area contributed by atoms with Gasteiger partial charge in [-0.3, -0.25) is 14.5 Å². The van der Waals surface area contributed by atoms with Gasteiger partial charge in [0.25, 0.3) is 0 Å². The highest BCUT2D eigenvalue weighted by Gasteiger charge is 2.32. The Morgan fingerprint density at radius 3 is 2.21 bits per heavy atom. The van der Waals surface area contributed by atoms with Crippen LogP contribution in [0.2, 0.25) is 0 Å². The van der Waals surface area contributed by atoms with Gasteiger partial charge in [-0.25, -0.2) is 4.79 Å². The normalized spacial score (nSPS) is 15.7. The third kappa shape index (κ3) is 3.68. The first-order chi connectivity index (χ1) is 14.1. The monoisotopic (exact) mass is 394 g/mol. The highest BCUT2D eigenvalue weighted by molar-refractivity contribution is 5.86. The van der Waals surface area contributed by atoms with E-state index in [0.29, 0.717) is 6.54 Å². The number of esters is 1. The van der Waals surface area contributed by atoms with Crippen LogP contribution in [0.5, 0.6) is 0 Å². The summed E-state index contributed by atoms with van der Waals surface area (Å²) >= 11 is 0. The van der Waals surface area contributed by atoms with E-state index in [9.17, 15) is 14.4 Å². The second-order valence-corrected chi connectivity index (χ2v) is 7.12. The van der Waals surface area contributed by atoms with Crippen molar-refractivity contribution in [2.24, 2.45) is 0 Å². The summed E-state index contributed by atoms with van der Waals surface area (Å²) in [5.41, 5.74) is 4.60. The summed E-state index contributed by atoms with van der Waals surface area (Å²) in [5.74, 6) is -0.800. The number of nitrogens with zero attached hydrogens (tertiary/aromatic N) is 2. The van der Waals surface area contributed by atoms with E-state index >= 15 is 0 Å². The van der Waals surface area contributed by atoms with Gasteiger partial charge in [-0.15, -0.1) is 0 Å². The molecule has 2 aromatic carbocycles. The third-order valence-corrected chi connectivity index (χ3v) is 5.46. The molecule has 2 aromatic rings. The Morgan fingerprint density at radius 2 is 1.62 bits per heavy atom. The summed E-state index contributed by atoms with van der Waals surface area (Å²) in [6, 6.07) is 16.3. The zero-order valence-electron chi connectivity index (χ0n) is 16.2. The number of fused-ring (bicyclic) bond motifs is 3. The fourth-order valence-electron chi connectivity index (χ4n) is 3.94. The molecule has 4 rings (SSSR count). The van der Waals surface area contributed by atoms with Gasteiger partial charge >= 0.3 is 12.1 Å². The molecule has 1 saturated heterocycles. The predicted molar refractivity (Wildman–Crippen MR) is 105 cm³/mol. The lowest BCUT2D eigenvalue weighted by Crippen LogP contribution is -2.53. The molecule has 1 aliphatic heterocycles. The molecule has 150 valence electrons. The van der Waals surface area contributed by atoms with Gasteiger partial charge in [0.15, 0.2) is 0 Å². The number of hydrogen-bond donors (Lipinski definition) is 0. The van der Waals surface area contributed by atoms with E-state index in [0.717, 1.165) is 22.3 Å². The first-order valence-electron chi connectivity index (χ1n) is 9.53. The molecule has 2 amide bonds. The quantitative estimate of drug-likeness (QED) is 0.744. The second-order valence-electron chi connectivity index (χ2n) is 7.12. The summed E-state index contributed by atoms with van der Waals surface area (Å²) in [7, 11) is 1.28. The SMILES string of the molecule is COC(=O)CN1CCN(C(=O)OCC2c3ccccc3-c3ccccc32)CC1=O. The minimum Gasteiger partial charge on any atom is -0.468 e. The Labute approximate surface area is 168 Å². The number of rotatable bonds is 4. The van der Waals surface area contributed by atoms with Crippen LogP contribution >= 0.6 is 0 Å². The minimum atomic E-state index is -0.516. The van der Waals surface area contributed by atoms with E-state index in [1.54, 1.807) is 0 Å². The van der Waals surface area contributed by atoms with Crippen LogP contribution in [-0.4, -0.2) is 67.7 Å². The van der Waals surface area contributed by atoms with Crippen molar-refractivity contribution in [3.63, 3.8) is 0 Å². The molecular formula is C22H22N2O5. The van der Waals surface area contributed by atoms with Crippen molar-refractivity contribution >= 4 is 18.0 Å². The van der Waals surface area contributed by atoms with Crippen molar-refractivity contribution in [3.8, 4) is 11.1 Å². The Kier molecular flexibility index (Phi) is 5.20. The number of piperazine rings is 1. The number of methoxy groups -OCH3 is 1. The fourth-order valence-corrected chi connectivity index (χ4v) is 3.94. The highest BCUT2D eigenvalue weighted by Crippen LogP contribution is 2.44. The van der Waals surface area contributed by atoms with Gasteiger partial charge in [0.05, 0.1) is 7.11 Å². The number of hydrogen-bond acceptors (Lipinski definition) is 5. The van der Waals surface area contributed by atoms with Gasteiger partial charge in [-0.05, 0) is 22.3 Å². The molecule has 1 fully saturated rings. The molecule has 1 heterocycles. The minimum absolute atomic E-state index is 0.0253. The summed E-state index contributed by atoms with van der Waals surface area (Å²) in [4.78, 5) is 38.9. The molecule has 0 N–H and O–H groups in total. The van der Waals surface area contributed by atoms with Crippen LogP contribution in [0, 0.1) is 0 Å². The van der Waals surface area contributed by atoms with E-state index in [2.05, 4.69) is 29.0 Å². The van der Waals surface area contributed by atoms with Crippen LogP contribution in [0.3, 0.4) is 0 Å². The van der Waals surface area contributed by atoms with Crippen molar-refractivity contribution in [3.05, 3.63) is 59.7 Å². The molecule has 7 heteroatoms. The van der Waals surface area contributed by atoms with Crippen molar-refractivity contribution in [1.82, 2.24) is 9.80 Å².